The van der Waals surface area contributed by atoms with E-state index in [1.807, 2.05) is 66.1 Å². The number of rotatable bonds is 4. The number of hydrogen-bond donors (Lipinski definition) is 2. The van der Waals surface area contributed by atoms with Crippen molar-refractivity contribution in [2.75, 3.05) is 26.3 Å². The zero-order valence-corrected chi connectivity index (χ0v) is 30.7. The van der Waals surface area contributed by atoms with Crippen LogP contribution in [0.25, 0.3) is 33.7 Å². The molecule has 0 unspecified atom stereocenters. The Hall–Kier alpha value is -5.26. The average molecular weight is 707 g/mol. The molecule has 2 N–H and O–H groups in total. The van der Waals surface area contributed by atoms with Crippen LogP contribution in [0.4, 0.5) is 9.59 Å². The van der Waals surface area contributed by atoms with Crippen molar-refractivity contribution >= 4 is 23.3 Å². The molecule has 2 amide bonds. The Morgan fingerprint density at radius 2 is 1.12 bits per heavy atom. The van der Waals surface area contributed by atoms with Gasteiger partial charge in [-0.05, 0) is 79.4 Å². The molecular weight excluding hydrogens is 660 g/mol. The maximum Gasteiger partial charge on any atom is 0.410 e. The third kappa shape index (κ3) is 6.50. The molecule has 0 aliphatic carbocycles. The molecule has 52 heavy (non-hydrogen) atoms. The van der Waals surface area contributed by atoms with Gasteiger partial charge in [0.15, 0.2) is 0 Å². The fourth-order valence-corrected chi connectivity index (χ4v) is 7.56. The summed E-state index contributed by atoms with van der Waals surface area (Å²) < 4.78 is 24.1. The van der Waals surface area contributed by atoms with Gasteiger partial charge < -0.3 is 28.9 Å². The minimum absolute atomic E-state index is 0.151. The number of hydrogen-bond acceptors (Lipinski definition) is 8. The van der Waals surface area contributed by atoms with Gasteiger partial charge >= 0.3 is 12.2 Å². The Bertz CT molecular complexity index is 1920. The lowest BCUT2D eigenvalue weighted by molar-refractivity contribution is 0.0208. The van der Waals surface area contributed by atoms with Gasteiger partial charge in [-0.15, -0.1) is 0 Å². The van der Waals surface area contributed by atoms with E-state index in [0.29, 0.717) is 26.3 Å². The van der Waals surface area contributed by atoms with Crippen molar-refractivity contribution in [3.8, 4) is 34.0 Å². The fourth-order valence-electron chi connectivity index (χ4n) is 7.56. The van der Waals surface area contributed by atoms with E-state index in [1.54, 1.807) is 9.80 Å². The van der Waals surface area contributed by atoms with Gasteiger partial charge in [0.2, 0.25) is 0 Å². The molecule has 6 heterocycles. The van der Waals surface area contributed by atoms with Crippen molar-refractivity contribution in [2.45, 2.75) is 90.5 Å². The van der Waals surface area contributed by atoms with Crippen molar-refractivity contribution in [3.05, 3.63) is 71.6 Å². The summed E-state index contributed by atoms with van der Waals surface area (Å²) in [5.41, 5.74) is 6.78. The summed E-state index contributed by atoms with van der Waals surface area (Å²) in [6, 6.07) is 12.1. The lowest BCUT2D eigenvalue weighted by atomic mass is 9.89. The third-order valence-electron chi connectivity index (χ3n) is 9.93. The van der Waals surface area contributed by atoms with E-state index < -0.39 is 11.2 Å². The zero-order chi connectivity index (χ0) is 36.4. The molecule has 12 nitrogen and oxygen atoms in total. The van der Waals surface area contributed by atoms with Crippen molar-refractivity contribution < 1.29 is 28.5 Å². The Balaban J connectivity index is 0.989. The lowest BCUT2D eigenvalue weighted by Gasteiger charge is -2.30. The van der Waals surface area contributed by atoms with Gasteiger partial charge in [-0.3, -0.25) is 9.80 Å². The number of nitrogens with one attached hydrogen (secondary N) is 2. The van der Waals surface area contributed by atoms with E-state index in [0.717, 1.165) is 93.6 Å². The minimum atomic E-state index is -0.555. The van der Waals surface area contributed by atoms with E-state index >= 15 is 0 Å². The predicted molar refractivity (Wildman–Crippen MR) is 196 cm³/mol. The molecule has 8 rings (SSSR count). The van der Waals surface area contributed by atoms with Crippen molar-refractivity contribution in [1.29, 1.82) is 0 Å². The van der Waals surface area contributed by atoms with Crippen LogP contribution in [0.5, 0.6) is 11.5 Å². The van der Waals surface area contributed by atoms with Crippen LogP contribution in [0.2, 0.25) is 0 Å². The number of carbonyl (C=O) groups excluding carboxylic acids is 2. The van der Waals surface area contributed by atoms with Crippen LogP contribution >= 0.6 is 0 Å². The maximum atomic E-state index is 12.9. The molecule has 2 saturated heterocycles. The Labute approximate surface area is 303 Å². The Kier molecular flexibility index (Phi) is 8.30. The summed E-state index contributed by atoms with van der Waals surface area (Å²) in [5, 5.41) is 0. The highest BCUT2D eigenvalue weighted by atomic mass is 16.6. The Morgan fingerprint density at radius 3 is 1.52 bits per heavy atom. The number of nitrogens with zero attached hydrogens (tertiary/aromatic N) is 4. The highest BCUT2D eigenvalue weighted by molar-refractivity contribution is 5.98. The molecule has 2 atom stereocenters. The van der Waals surface area contributed by atoms with Crippen LogP contribution in [-0.2, 0) is 9.47 Å². The second-order valence-corrected chi connectivity index (χ2v) is 16.0. The maximum absolute atomic E-state index is 12.9. The summed E-state index contributed by atoms with van der Waals surface area (Å²) in [6.07, 6.45) is 6.48. The van der Waals surface area contributed by atoms with Crippen LogP contribution in [0, 0.1) is 0 Å². The highest BCUT2D eigenvalue weighted by Crippen LogP contribution is 2.45. The molecule has 4 aliphatic heterocycles. The van der Waals surface area contributed by atoms with Crippen LogP contribution < -0.4 is 9.47 Å². The van der Waals surface area contributed by atoms with Crippen molar-refractivity contribution in [3.63, 3.8) is 0 Å². The number of amides is 2. The van der Waals surface area contributed by atoms with E-state index in [1.165, 1.54) is 0 Å². The first-order valence-corrected chi connectivity index (χ1v) is 18.2. The minimum Gasteiger partial charge on any atom is -0.488 e. The highest BCUT2D eigenvalue weighted by Gasteiger charge is 2.37. The first-order valence-electron chi connectivity index (χ1n) is 18.2. The molecule has 0 spiro atoms. The van der Waals surface area contributed by atoms with E-state index in [9.17, 15) is 9.59 Å². The smallest absolute Gasteiger partial charge is 0.410 e. The number of benzene rings is 2. The molecule has 4 aromatic rings. The fraction of sp³-hybridized carbons (Fsp3) is 0.450. The summed E-state index contributed by atoms with van der Waals surface area (Å²) in [5.74, 6) is 3.10. The Morgan fingerprint density at radius 1 is 0.692 bits per heavy atom. The van der Waals surface area contributed by atoms with Crippen LogP contribution in [0.15, 0.2) is 48.8 Å². The van der Waals surface area contributed by atoms with Crippen LogP contribution in [-0.4, -0.2) is 79.4 Å². The van der Waals surface area contributed by atoms with Gasteiger partial charge in [-0.1, -0.05) is 24.3 Å². The third-order valence-corrected chi connectivity index (χ3v) is 9.93. The first kappa shape index (κ1) is 33.9. The van der Waals surface area contributed by atoms with Gasteiger partial charge in [0.05, 0.1) is 35.9 Å². The number of fused-ring (bicyclic) bond motifs is 4. The molecule has 4 aliphatic rings. The van der Waals surface area contributed by atoms with Gasteiger partial charge in [0, 0.05) is 46.5 Å². The molecule has 12 heteroatoms. The predicted octanol–water partition coefficient (Wildman–Crippen LogP) is 8.31. The molecule has 2 aromatic heterocycles. The number of likely N-dealkylation sites (tertiary alicyclic amines) is 2. The molecule has 0 saturated carbocycles. The van der Waals surface area contributed by atoms with E-state index in [2.05, 4.69) is 44.2 Å². The largest absolute Gasteiger partial charge is 0.488 e. The quantitative estimate of drug-likeness (QED) is 0.216. The van der Waals surface area contributed by atoms with Crippen molar-refractivity contribution in [2.24, 2.45) is 0 Å². The first-order chi connectivity index (χ1) is 24.8. The number of aromatic nitrogens is 4. The average Bonchev–Trinajstić information content (AvgIpc) is 3.92. The molecular formula is C40H46N6O6. The SMILES string of the molecule is CC(C)(C)OC(=O)N1CCC[C@H]1c1ncc(-c2ccc3c(c2)OCC2=C3COc3cc(-c4cnc([C@@H]5CCCN5C(=O)OC(C)(C)C)[nH]4)ccc32)[nH]1. The summed E-state index contributed by atoms with van der Waals surface area (Å²) in [7, 11) is 0. The topological polar surface area (TPSA) is 135 Å². The van der Waals surface area contributed by atoms with Gasteiger partial charge in [0.25, 0.3) is 0 Å². The zero-order valence-electron chi connectivity index (χ0n) is 30.7. The van der Waals surface area contributed by atoms with E-state index in [4.69, 9.17) is 18.9 Å². The number of carbonyl (C=O) groups is 2. The summed E-state index contributed by atoms with van der Waals surface area (Å²) in [4.78, 5) is 45.6. The van der Waals surface area contributed by atoms with Crippen molar-refractivity contribution in [1.82, 2.24) is 29.7 Å². The second kappa shape index (κ2) is 12.8. The van der Waals surface area contributed by atoms with Gasteiger partial charge in [-0.2, -0.15) is 0 Å². The number of aromatic amines is 2. The van der Waals surface area contributed by atoms with Crippen LogP contribution in [0.3, 0.4) is 0 Å². The number of imidazole rings is 2. The molecule has 0 radical (unpaired) electrons. The number of ether oxygens (including phenoxy) is 4. The summed E-state index contributed by atoms with van der Waals surface area (Å²) in [6.45, 7) is 13.4. The molecule has 2 aromatic carbocycles. The number of H-pyrrole nitrogens is 2. The molecule has 0 bridgehead atoms. The normalized spacial score (nSPS) is 19.8. The standard InChI is InChI=1S/C40H46N6O6/c1-39(2,3)51-37(47)45-15-7-9-31(45)35-41-19-29(43-35)23-11-13-25-27-22-50-34-18-24(12-14-26(34)28(27)21-49-33(25)17-23)30-20-42-36(44-30)32-10-8-16-46(32)38(48)52-40(4,5)6/h11-14,17-20,31-32H,7-10,15-16,21-22H2,1-6H3,(H,41,43)(H,42,44)/t31-,32-/m0/s1. The van der Waals surface area contributed by atoms with Gasteiger partial charge in [-0.25, -0.2) is 19.6 Å². The van der Waals surface area contributed by atoms with Crippen LogP contribution in [0.1, 0.15) is 102 Å². The lowest BCUT2D eigenvalue weighted by Crippen LogP contribution is -2.36. The molecule has 272 valence electrons. The van der Waals surface area contributed by atoms with E-state index in [-0.39, 0.29) is 24.3 Å². The second-order valence-electron chi connectivity index (χ2n) is 16.0. The summed E-state index contributed by atoms with van der Waals surface area (Å²) >= 11 is 0. The molecule has 2 fully saturated rings. The van der Waals surface area contributed by atoms with Gasteiger partial charge in [0.1, 0.15) is 47.6 Å². The monoisotopic (exact) mass is 706 g/mol.